The van der Waals surface area contributed by atoms with Crippen LogP contribution >= 0.6 is 0 Å². The van der Waals surface area contributed by atoms with Crippen LogP contribution in [0.2, 0.25) is 0 Å². The maximum Gasteiger partial charge on any atom is 0.190 e. The zero-order valence-corrected chi connectivity index (χ0v) is 17.1. The molecule has 1 radical (unpaired) electrons. The van der Waals surface area contributed by atoms with Crippen LogP contribution in [0.25, 0.3) is 27.5 Å². The molecule has 2 heterocycles. The maximum atomic E-state index is 13.1. The molecular formula is C25H24N3O. The van der Waals surface area contributed by atoms with Gasteiger partial charge in [0.05, 0.1) is 5.69 Å². The molecule has 29 heavy (non-hydrogen) atoms. The van der Waals surface area contributed by atoms with E-state index in [0.29, 0.717) is 0 Å². The molecule has 4 aromatic rings. The summed E-state index contributed by atoms with van der Waals surface area (Å²) in [7, 11) is 4.21. The zero-order chi connectivity index (χ0) is 20.1. The standard InChI is InChI=1S/C25H24N3O/c1-16-14-28-15-19(8-9-24(28)26-16)21-12-18-7-6-17(5-4-10-27(2)3)11-20(18)22-13-23(22)25(21)29/h6-9,11-15H,4-5,10H2,1-3H3. The van der Waals surface area contributed by atoms with Crippen molar-refractivity contribution < 1.29 is 0 Å². The molecular weight excluding hydrogens is 358 g/mol. The lowest BCUT2D eigenvalue weighted by molar-refractivity contribution is 0.400. The number of benzene rings is 1. The van der Waals surface area contributed by atoms with E-state index in [1.807, 2.05) is 48.3 Å². The molecule has 0 spiro atoms. The minimum absolute atomic E-state index is 0.113. The minimum Gasteiger partial charge on any atom is -0.309 e. The van der Waals surface area contributed by atoms with Gasteiger partial charge in [0, 0.05) is 35.5 Å². The van der Waals surface area contributed by atoms with E-state index in [-0.39, 0.29) is 5.43 Å². The van der Waals surface area contributed by atoms with Crippen molar-refractivity contribution in [1.29, 1.82) is 0 Å². The summed E-state index contributed by atoms with van der Waals surface area (Å²) in [6.07, 6.45) is 8.20. The van der Waals surface area contributed by atoms with E-state index in [1.165, 1.54) is 10.9 Å². The Labute approximate surface area is 170 Å². The van der Waals surface area contributed by atoms with E-state index >= 15 is 0 Å². The lowest BCUT2D eigenvalue weighted by atomic mass is 10.0. The first-order valence-electron chi connectivity index (χ1n) is 10.1. The molecule has 0 aliphatic heterocycles. The summed E-state index contributed by atoms with van der Waals surface area (Å²) in [4.78, 5) is 19.8. The van der Waals surface area contributed by atoms with Crippen molar-refractivity contribution in [3.05, 3.63) is 87.8 Å². The number of aryl methyl sites for hydroxylation is 2. The third-order valence-corrected chi connectivity index (χ3v) is 5.65. The number of nitrogens with zero attached hydrogens (tertiary/aromatic N) is 3. The first kappa shape index (κ1) is 18.1. The van der Waals surface area contributed by atoms with Crippen LogP contribution in [0.4, 0.5) is 0 Å². The van der Waals surface area contributed by atoms with Crippen LogP contribution in [0.5, 0.6) is 0 Å². The van der Waals surface area contributed by atoms with Crippen LogP contribution in [0.3, 0.4) is 0 Å². The Morgan fingerprint density at radius 1 is 1.03 bits per heavy atom. The Morgan fingerprint density at radius 2 is 1.90 bits per heavy atom. The Balaban J connectivity index is 1.60. The van der Waals surface area contributed by atoms with Crippen LogP contribution in [-0.2, 0) is 6.42 Å². The number of aromatic nitrogens is 2. The van der Waals surface area contributed by atoms with Crippen molar-refractivity contribution in [3.63, 3.8) is 0 Å². The van der Waals surface area contributed by atoms with Gasteiger partial charge in [-0.1, -0.05) is 18.2 Å². The van der Waals surface area contributed by atoms with Crippen molar-refractivity contribution >= 4 is 16.4 Å². The Bertz CT molecular complexity index is 1320. The second kappa shape index (κ2) is 6.82. The predicted molar refractivity (Wildman–Crippen MR) is 119 cm³/mol. The molecule has 0 atom stereocenters. The van der Waals surface area contributed by atoms with Crippen LogP contribution in [-0.4, -0.2) is 34.9 Å². The van der Waals surface area contributed by atoms with E-state index < -0.39 is 0 Å². The Hall–Kier alpha value is -2.98. The third kappa shape index (κ3) is 3.34. The molecule has 4 nitrogen and oxygen atoms in total. The fraction of sp³-hybridized carbons (Fsp3) is 0.240. The van der Waals surface area contributed by atoms with Gasteiger partial charge in [0.25, 0.3) is 0 Å². The molecule has 0 bridgehead atoms. The van der Waals surface area contributed by atoms with Gasteiger partial charge in [0.1, 0.15) is 5.65 Å². The lowest BCUT2D eigenvalue weighted by Crippen LogP contribution is -2.13. The molecule has 5 rings (SSSR count). The topological polar surface area (TPSA) is 37.6 Å². The fourth-order valence-corrected chi connectivity index (χ4v) is 4.09. The molecule has 0 N–H and O–H groups in total. The number of imidazole rings is 1. The van der Waals surface area contributed by atoms with Gasteiger partial charge < -0.3 is 9.30 Å². The molecule has 2 aromatic heterocycles. The van der Waals surface area contributed by atoms with Crippen LogP contribution in [0.15, 0.2) is 53.6 Å². The minimum atomic E-state index is 0.113. The highest BCUT2D eigenvalue weighted by molar-refractivity contribution is 5.96. The first-order valence-corrected chi connectivity index (χ1v) is 10.1. The van der Waals surface area contributed by atoms with Crippen molar-refractivity contribution in [2.75, 3.05) is 20.6 Å². The van der Waals surface area contributed by atoms with E-state index in [2.05, 4.69) is 42.2 Å². The largest absolute Gasteiger partial charge is 0.309 e. The van der Waals surface area contributed by atoms with Crippen molar-refractivity contribution in [1.82, 2.24) is 14.3 Å². The summed E-state index contributed by atoms with van der Waals surface area (Å²) in [5.41, 5.74) is 6.93. The molecule has 4 heteroatoms. The van der Waals surface area contributed by atoms with Crippen molar-refractivity contribution in [2.45, 2.75) is 19.8 Å². The number of pyridine rings is 1. The quantitative estimate of drug-likeness (QED) is 0.456. The number of fused-ring (bicyclic) bond motifs is 4. The van der Waals surface area contributed by atoms with Crippen molar-refractivity contribution in [2.24, 2.45) is 0 Å². The summed E-state index contributed by atoms with van der Waals surface area (Å²) < 4.78 is 1.99. The molecule has 0 unspecified atom stereocenters. The van der Waals surface area contributed by atoms with Gasteiger partial charge in [-0.05, 0) is 80.5 Å². The zero-order valence-electron chi connectivity index (χ0n) is 17.1. The first-order chi connectivity index (χ1) is 14.0. The number of hydrogen-bond donors (Lipinski definition) is 0. The highest BCUT2D eigenvalue weighted by atomic mass is 16.1. The number of rotatable bonds is 5. The monoisotopic (exact) mass is 382 g/mol. The predicted octanol–water partition coefficient (Wildman–Crippen LogP) is 4.23. The molecule has 0 saturated carbocycles. The molecule has 0 amide bonds. The molecule has 0 saturated heterocycles. The number of hydrogen-bond acceptors (Lipinski definition) is 3. The van der Waals surface area contributed by atoms with Crippen LogP contribution < -0.4 is 5.43 Å². The summed E-state index contributed by atoms with van der Waals surface area (Å²) in [6, 6.07) is 12.6. The summed E-state index contributed by atoms with van der Waals surface area (Å²) in [6.45, 7) is 3.06. The second-order valence-corrected chi connectivity index (χ2v) is 8.25. The van der Waals surface area contributed by atoms with Gasteiger partial charge in [0.2, 0.25) is 0 Å². The Morgan fingerprint density at radius 3 is 2.72 bits per heavy atom. The fourth-order valence-electron chi connectivity index (χ4n) is 4.09. The van der Waals surface area contributed by atoms with E-state index in [4.69, 9.17) is 0 Å². The van der Waals surface area contributed by atoms with E-state index in [1.54, 1.807) is 0 Å². The van der Waals surface area contributed by atoms with Crippen molar-refractivity contribution in [3.8, 4) is 11.1 Å². The summed E-state index contributed by atoms with van der Waals surface area (Å²) in [5, 5.41) is 2.30. The molecule has 145 valence electrons. The summed E-state index contributed by atoms with van der Waals surface area (Å²) >= 11 is 0. The molecule has 2 aromatic carbocycles. The van der Waals surface area contributed by atoms with Gasteiger partial charge >= 0.3 is 0 Å². The summed E-state index contributed by atoms with van der Waals surface area (Å²) in [5.74, 6) is 0. The average Bonchev–Trinajstić information content (AvgIpc) is 3.40. The molecule has 0 fully saturated rings. The average molecular weight is 382 g/mol. The SMILES string of the molecule is Cc1cn2cc(-c3cc4ccc(CCCN(C)C)cc4c4c(c3=O)[CH]4)ccc2n1. The lowest BCUT2D eigenvalue weighted by Gasteiger charge is -2.09. The highest BCUT2D eigenvalue weighted by Crippen LogP contribution is 2.36. The van der Waals surface area contributed by atoms with Crippen LogP contribution in [0, 0.1) is 13.3 Å². The molecule has 1 aliphatic rings. The van der Waals surface area contributed by atoms with E-state index in [0.717, 1.165) is 58.4 Å². The van der Waals surface area contributed by atoms with Gasteiger partial charge in [-0.25, -0.2) is 4.98 Å². The second-order valence-electron chi connectivity index (χ2n) is 8.25. The van der Waals surface area contributed by atoms with Crippen LogP contribution in [0.1, 0.15) is 28.8 Å². The van der Waals surface area contributed by atoms with Gasteiger partial charge in [-0.2, -0.15) is 0 Å². The van der Waals surface area contributed by atoms with Gasteiger partial charge in [-0.15, -0.1) is 0 Å². The Kier molecular flexibility index (Phi) is 4.25. The van der Waals surface area contributed by atoms with E-state index in [9.17, 15) is 4.79 Å². The van der Waals surface area contributed by atoms with Gasteiger partial charge in [-0.3, -0.25) is 4.79 Å². The maximum absolute atomic E-state index is 13.1. The third-order valence-electron chi connectivity index (χ3n) is 5.65. The van der Waals surface area contributed by atoms with Gasteiger partial charge in [0.15, 0.2) is 5.43 Å². The molecule has 1 aliphatic carbocycles. The normalized spacial score (nSPS) is 12.7. The smallest absolute Gasteiger partial charge is 0.190 e. The highest BCUT2D eigenvalue weighted by Gasteiger charge is 2.25.